The first kappa shape index (κ1) is 17.5. The molecular weight excluding hydrogens is 347 g/mol. The summed E-state index contributed by atoms with van der Waals surface area (Å²) in [5.74, 6) is -0.586. The molecule has 0 bridgehead atoms. The van der Waals surface area contributed by atoms with Crippen LogP contribution in [0.4, 0.5) is 18.9 Å². The largest absolute Gasteiger partial charge is 0.463 e. The van der Waals surface area contributed by atoms with Gasteiger partial charge in [0.25, 0.3) is 0 Å². The van der Waals surface area contributed by atoms with Crippen LogP contribution in [0.25, 0.3) is 17.0 Å². The Labute approximate surface area is 145 Å². The summed E-state index contributed by atoms with van der Waals surface area (Å²) in [7, 11) is 0. The predicted molar refractivity (Wildman–Crippen MR) is 91.6 cm³/mol. The highest BCUT2D eigenvalue weighted by molar-refractivity contribution is 6.02. The van der Waals surface area contributed by atoms with Gasteiger partial charge in [0.2, 0.25) is 5.91 Å². The fourth-order valence-corrected chi connectivity index (χ4v) is 2.30. The van der Waals surface area contributed by atoms with Crippen LogP contribution in [-0.4, -0.2) is 5.91 Å². The van der Waals surface area contributed by atoms with Crippen molar-refractivity contribution in [2.24, 2.45) is 0 Å². The van der Waals surface area contributed by atoms with Crippen LogP contribution in [0.3, 0.4) is 0 Å². The second-order valence-electron chi connectivity index (χ2n) is 5.41. The van der Waals surface area contributed by atoms with Crippen molar-refractivity contribution in [1.29, 1.82) is 0 Å². The molecule has 7 heteroatoms. The Morgan fingerprint density at radius 1 is 1.04 bits per heavy atom. The smallest absolute Gasteiger partial charge is 0.416 e. The Kier molecular flexibility index (Phi) is 4.62. The number of rotatable bonds is 3. The highest BCUT2D eigenvalue weighted by Gasteiger charge is 2.29. The second-order valence-corrected chi connectivity index (χ2v) is 5.41. The van der Waals surface area contributed by atoms with Gasteiger partial charge in [-0.25, -0.2) is 0 Å². The van der Waals surface area contributed by atoms with Gasteiger partial charge in [0.1, 0.15) is 11.8 Å². The SMILES string of the molecule is O=C(/C=C/c1coc2ccccc2c1=O)Nc1ccc(C(F)(F)F)cc1. The number of fused-ring (bicyclic) bond motifs is 1. The molecule has 0 spiro atoms. The van der Waals surface area contributed by atoms with Crippen LogP contribution in [0.1, 0.15) is 11.1 Å². The van der Waals surface area contributed by atoms with Crippen molar-refractivity contribution in [3.05, 3.63) is 82.2 Å². The fourth-order valence-electron chi connectivity index (χ4n) is 2.30. The number of hydrogen-bond donors (Lipinski definition) is 1. The molecule has 0 aliphatic carbocycles. The molecule has 0 aliphatic heterocycles. The summed E-state index contributed by atoms with van der Waals surface area (Å²) < 4.78 is 42.8. The van der Waals surface area contributed by atoms with Gasteiger partial charge in [-0.15, -0.1) is 0 Å². The fraction of sp³-hybridized carbons (Fsp3) is 0.0526. The predicted octanol–water partition coefficient (Wildman–Crippen LogP) is 4.46. The van der Waals surface area contributed by atoms with Gasteiger partial charge in [-0.1, -0.05) is 12.1 Å². The highest BCUT2D eigenvalue weighted by atomic mass is 19.4. The monoisotopic (exact) mass is 359 g/mol. The average molecular weight is 359 g/mol. The van der Waals surface area contributed by atoms with Crippen LogP contribution in [0.2, 0.25) is 0 Å². The maximum absolute atomic E-state index is 12.5. The summed E-state index contributed by atoms with van der Waals surface area (Å²) in [5.41, 5.74) is -0.265. The van der Waals surface area contributed by atoms with Gasteiger partial charge in [0.15, 0.2) is 5.43 Å². The van der Waals surface area contributed by atoms with Gasteiger partial charge in [0.05, 0.1) is 16.5 Å². The Bertz CT molecular complexity index is 1030. The third-order valence-electron chi connectivity index (χ3n) is 3.60. The van der Waals surface area contributed by atoms with Gasteiger partial charge in [-0.3, -0.25) is 9.59 Å². The number of carbonyl (C=O) groups is 1. The number of benzene rings is 2. The number of carbonyl (C=O) groups excluding carboxylic acids is 1. The maximum atomic E-state index is 12.5. The molecule has 4 nitrogen and oxygen atoms in total. The van der Waals surface area contributed by atoms with Crippen molar-refractivity contribution in [2.75, 3.05) is 5.32 Å². The molecule has 0 atom stereocenters. The van der Waals surface area contributed by atoms with E-state index in [2.05, 4.69) is 5.32 Å². The topological polar surface area (TPSA) is 59.3 Å². The molecule has 3 aromatic rings. The molecule has 0 saturated carbocycles. The molecule has 0 radical (unpaired) electrons. The number of alkyl halides is 3. The molecule has 1 heterocycles. The first-order chi connectivity index (χ1) is 12.3. The van der Waals surface area contributed by atoms with E-state index in [-0.39, 0.29) is 16.7 Å². The molecule has 0 fully saturated rings. The quantitative estimate of drug-likeness (QED) is 0.702. The molecule has 26 heavy (non-hydrogen) atoms. The lowest BCUT2D eigenvalue weighted by Gasteiger charge is -2.07. The molecule has 132 valence electrons. The summed E-state index contributed by atoms with van der Waals surface area (Å²) >= 11 is 0. The molecular formula is C19H12F3NO3. The van der Waals surface area contributed by atoms with Crippen molar-refractivity contribution < 1.29 is 22.4 Å². The van der Waals surface area contributed by atoms with Crippen LogP contribution in [0, 0.1) is 0 Å². The minimum atomic E-state index is -4.44. The molecule has 2 aromatic carbocycles. The number of hydrogen-bond acceptors (Lipinski definition) is 3. The Balaban J connectivity index is 1.74. The summed E-state index contributed by atoms with van der Waals surface area (Å²) in [4.78, 5) is 24.2. The van der Waals surface area contributed by atoms with Crippen LogP contribution in [0.15, 0.2) is 70.1 Å². The minimum absolute atomic E-state index is 0.186. The Morgan fingerprint density at radius 3 is 2.42 bits per heavy atom. The van der Waals surface area contributed by atoms with Crippen LogP contribution < -0.4 is 10.7 Å². The van der Waals surface area contributed by atoms with E-state index in [0.717, 1.165) is 30.3 Å². The van der Waals surface area contributed by atoms with E-state index in [0.29, 0.717) is 11.0 Å². The zero-order valence-corrected chi connectivity index (χ0v) is 13.2. The van der Waals surface area contributed by atoms with Crippen molar-refractivity contribution in [3.8, 4) is 0 Å². The molecule has 1 N–H and O–H groups in total. The van der Waals surface area contributed by atoms with Gasteiger partial charge in [-0.2, -0.15) is 13.2 Å². The van der Waals surface area contributed by atoms with Gasteiger partial charge >= 0.3 is 6.18 Å². The first-order valence-electron chi connectivity index (χ1n) is 7.51. The zero-order chi connectivity index (χ0) is 18.7. The number of para-hydroxylation sites is 1. The summed E-state index contributed by atoms with van der Waals surface area (Å²) in [6.45, 7) is 0. The molecule has 1 amide bonds. The first-order valence-corrected chi connectivity index (χ1v) is 7.51. The number of halogens is 3. The summed E-state index contributed by atoms with van der Waals surface area (Å²) in [5, 5.41) is 2.81. The van der Waals surface area contributed by atoms with E-state index in [1.807, 2.05) is 0 Å². The molecule has 3 rings (SSSR count). The van der Waals surface area contributed by atoms with Gasteiger partial charge in [-0.05, 0) is 42.5 Å². The maximum Gasteiger partial charge on any atom is 0.416 e. The van der Waals surface area contributed by atoms with Crippen molar-refractivity contribution >= 4 is 28.6 Å². The average Bonchev–Trinajstić information content (AvgIpc) is 2.61. The number of nitrogens with one attached hydrogen (secondary N) is 1. The minimum Gasteiger partial charge on any atom is -0.463 e. The normalized spacial score (nSPS) is 11.8. The van der Waals surface area contributed by atoms with Crippen molar-refractivity contribution in [2.45, 2.75) is 6.18 Å². The lowest BCUT2D eigenvalue weighted by atomic mass is 10.1. The lowest BCUT2D eigenvalue weighted by molar-refractivity contribution is -0.137. The molecule has 0 unspecified atom stereocenters. The molecule has 0 aliphatic rings. The summed E-state index contributed by atoms with van der Waals surface area (Å²) in [6, 6.07) is 10.7. The van der Waals surface area contributed by atoms with E-state index in [1.54, 1.807) is 24.3 Å². The Morgan fingerprint density at radius 2 is 1.73 bits per heavy atom. The zero-order valence-electron chi connectivity index (χ0n) is 13.2. The van der Waals surface area contributed by atoms with E-state index >= 15 is 0 Å². The molecule has 1 aromatic heterocycles. The third-order valence-corrected chi connectivity index (χ3v) is 3.60. The van der Waals surface area contributed by atoms with Crippen LogP contribution in [-0.2, 0) is 11.0 Å². The lowest BCUT2D eigenvalue weighted by Crippen LogP contribution is -2.10. The van der Waals surface area contributed by atoms with Gasteiger partial charge < -0.3 is 9.73 Å². The highest BCUT2D eigenvalue weighted by Crippen LogP contribution is 2.29. The van der Waals surface area contributed by atoms with E-state index < -0.39 is 17.6 Å². The van der Waals surface area contributed by atoms with Crippen LogP contribution >= 0.6 is 0 Å². The number of amides is 1. The van der Waals surface area contributed by atoms with Crippen molar-refractivity contribution in [3.63, 3.8) is 0 Å². The third kappa shape index (κ3) is 3.83. The van der Waals surface area contributed by atoms with Crippen LogP contribution in [0.5, 0.6) is 0 Å². The van der Waals surface area contributed by atoms with Crippen molar-refractivity contribution in [1.82, 2.24) is 0 Å². The second kappa shape index (κ2) is 6.87. The van der Waals surface area contributed by atoms with E-state index in [4.69, 9.17) is 4.42 Å². The van der Waals surface area contributed by atoms with E-state index in [1.165, 1.54) is 12.3 Å². The van der Waals surface area contributed by atoms with E-state index in [9.17, 15) is 22.8 Å². The standard InChI is InChI=1S/C19H12F3NO3/c20-19(21,22)13-6-8-14(9-7-13)23-17(24)10-5-12-11-26-16-4-2-1-3-15(16)18(12)25/h1-11H,(H,23,24)/b10-5+. The molecule has 0 saturated heterocycles. The summed E-state index contributed by atoms with van der Waals surface area (Å²) in [6.07, 6.45) is -0.796. The Hall–Kier alpha value is -3.35. The number of anilines is 1. The van der Waals surface area contributed by atoms with Gasteiger partial charge in [0, 0.05) is 11.8 Å².